The van der Waals surface area contributed by atoms with Crippen LogP contribution in [0.1, 0.15) is 24.0 Å². The van der Waals surface area contributed by atoms with Gasteiger partial charge in [0.1, 0.15) is 17.9 Å². The summed E-state index contributed by atoms with van der Waals surface area (Å²) >= 11 is 0. The largest absolute Gasteiger partial charge is 0.472 e. The van der Waals surface area contributed by atoms with Crippen LogP contribution in [0.3, 0.4) is 0 Å². The number of fused-ring (bicyclic) bond motifs is 1. The van der Waals surface area contributed by atoms with Gasteiger partial charge in [0.05, 0.1) is 24.9 Å². The first-order chi connectivity index (χ1) is 10.8. The van der Waals surface area contributed by atoms with Crippen molar-refractivity contribution in [1.82, 2.24) is 30.2 Å². The molecular formula is C14H16N6O2. The Morgan fingerprint density at radius 1 is 1.41 bits per heavy atom. The molecule has 0 spiro atoms. The highest BCUT2D eigenvalue weighted by Gasteiger charge is 2.21. The number of aromatic nitrogens is 5. The number of aryl methyl sites for hydroxylation is 2. The molecule has 4 heterocycles. The van der Waals surface area contributed by atoms with Gasteiger partial charge in [0.2, 0.25) is 11.7 Å². The van der Waals surface area contributed by atoms with Crippen LogP contribution in [-0.2, 0) is 19.5 Å². The summed E-state index contributed by atoms with van der Waals surface area (Å²) in [4.78, 5) is 8.76. The third-order valence-electron chi connectivity index (χ3n) is 3.75. The van der Waals surface area contributed by atoms with Crippen molar-refractivity contribution in [2.75, 3.05) is 0 Å². The van der Waals surface area contributed by atoms with Crippen LogP contribution < -0.4 is 5.32 Å². The van der Waals surface area contributed by atoms with Crippen LogP contribution in [0.5, 0.6) is 0 Å². The van der Waals surface area contributed by atoms with Gasteiger partial charge in [-0.15, -0.1) is 0 Å². The fourth-order valence-corrected chi connectivity index (χ4v) is 2.67. The molecule has 0 amide bonds. The monoisotopic (exact) mass is 300 g/mol. The second kappa shape index (κ2) is 5.38. The van der Waals surface area contributed by atoms with E-state index in [1.54, 1.807) is 18.6 Å². The van der Waals surface area contributed by atoms with Gasteiger partial charge < -0.3 is 14.3 Å². The Morgan fingerprint density at radius 3 is 3.23 bits per heavy atom. The summed E-state index contributed by atoms with van der Waals surface area (Å²) in [5.41, 5.74) is 0.815. The first-order valence-corrected chi connectivity index (χ1v) is 7.27. The highest BCUT2D eigenvalue weighted by Crippen LogP contribution is 2.16. The first-order valence-electron chi connectivity index (χ1n) is 7.27. The van der Waals surface area contributed by atoms with Gasteiger partial charge in [0, 0.05) is 12.5 Å². The SMILES string of the molecule is Cc1nc2n(n1)C[C@H](NCc1nc(-c3ccoc3)no1)CC2. The zero-order chi connectivity index (χ0) is 14.9. The van der Waals surface area contributed by atoms with Crippen molar-refractivity contribution in [1.29, 1.82) is 0 Å². The van der Waals surface area contributed by atoms with E-state index >= 15 is 0 Å². The van der Waals surface area contributed by atoms with E-state index in [0.29, 0.717) is 24.3 Å². The van der Waals surface area contributed by atoms with E-state index in [9.17, 15) is 0 Å². The minimum absolute atomic E-state index is 0.331. The lowest BCUT2D eigenvalue weighted by atomic mass is 10.1. The van der Waals surface area contributed by atoms with Crippen molar-refractivity contribution in [2.45, 2.75) is 38.9 Å². The average Bonchev–Trinajstić information content (AvgIpc) is 3.23. The van der Waals surface area contributed by atoms with Gasteiger partial charge in [-0.2, -0.15) is 10.1 Å². The molecule has 0 bridgehead atoms. The van der Waals surface area contributed by atoms with Crippen molar-refractivity contribution in [3.05, 3.63) is 36.1 Å². The summed E-state index contributed by atoms with van der Waals surface area (Å²) in [7, 11) is 0. The summed E-state index contributed by atoms with van der Waals surface area (Å²) < 4.78 is 12.2. The topological polar surface area (TPSA) is 94.8 Å². The molecule has 22 heavy (non-hydrogen) atoms. The second-order valence-corrected chi connectivity index (χ2v) is 5.40. The standard InChI is InChI=1S/C14H16N6O2/c1-9-16-12-3-2-11(7-20(12)18-9)15-6-13-17-14(19-22-13)10-4-5-21-8-10/h4-5,8,11,15H,2-3,6-7H2,1H3/t11-/m1/s1. The van der Waals surface area contributed by atoms with Crippen LogP contribution in [-0.4, -0.2) is 30.9 Å². The summed E-state index contributed by atoms with van der Waals surface area (Å²) in [6, 6.07) is 2.13. The van der Waals surface area contributed by atoms with Crippen LogP contribution in [0.2, 0.25) is 0 Å². The molecule has 1 aliphatic heterocycles. The minimum atomic E-state index is 0.331. The normalized spacial score (nSPS) is 17.6. The van der Waals surface area contributed by atoms with Crippen LogP contribution in [0.4, 0.5) is 0 Å². The molecule has 0 aliphatic carbocycles. The minimum Gasteiger partial charge on any atom is -0.472 e. The summed E-state index contributed by atoms with van der Waals surface area (Å²) in [5, 5.41) is 11.8. The third kappa shape index (κ3) is 2.52. The molecule has 3 aromatic rings. The molecule has 1 atom stereocenters. The molecule has 8 heteroatoms. The van der Waals surface area contributed by atoms with Crippen molar-refractivity contribution in [2.24, 2.45) is 0 Å². The zero-order valence-corrected chi connectivity index (χ0v) is 12.2. The molecule has 0 saturated heterocycles. The third-order valence-corrected chi connectivity index (χ3v) is 3.75. The molecule has 0 radical (unpaired) electrons. The lowest BCUT2D eigenvalue weighted by Gasteiger charge is -2.22. The molecular weight excluding hydrogens is 284 g/mol. The molecule has 1 aliphatic rings. The van der Waals surface area contributed by atoms with Crippen LogP contribution in [0.25, 0.3) is 11.4 Å². The van der Waals surface area contributed by atoms with Gasteiger partial charge in [-0.3, -0.25) is 0 Å². The van der Waals surface area contributed by atoms with Gasteiger partial charge in [0.15, 0.2) is 0 Å². The Kier molecular flexibility index (Phi) is 3.23. The molecule has 0 saturated carbocycles. The highest BCUT2D eigenvalue weighted by atomic mass is 16.5. The van der Waals surface area contributed by atoms with E-state index in [2.05, 4.69) is 25.5 Å². The lowest BCUT2D eigenvalue weighted by molar-refractivity contribution is 0.320. The van der Waals surface area contributed by atoms with Crippen LogP contribution >= 0.6 is 0 Å². The highest BCUT2D eigenvalue weighted by molar-refractivity contribution is 5.51. The van der Waals surface area contributed by atoms with E-state index in [1.807, 2.05) is 11.6 Å². The smallest absolute Gasteiger partial charge is 0.240 e. The molecule has 1 N–H and O–H groups in total. The van der Waals surface area contributed by atoms with Crippen LogP contribution in [0, 0.1) is 6.92 Å². The van der Waals surface area contributed by atoms with E-state index in [0.717, 1.165) is 36.6 Å². The summed E-state index contributed by atoms with van der Waals surface area (Å²) in [6.07, 6.45) is 5.14. The number of hydrogen-bond donors (Lipinski definition) is 1. The molecule has 114 valence electrons. The molecule has 0 fully saturated rings. The van der Waals surface area contributed by atoms with E-state index in [-0.39, 0.29) is 0 Å². The van der Waals surface area contributed by atoms with Crippen molar-refractivity contribution >= 4 is 0 Å². The number of hydrogen-bond acceptors (Lipinski definition) is 7. The maximum atomic E-state index is 5.25. The first kappa shape index (κ1) is 13.2. The van der Waals surface area contributed by atoms with Gasteiger partial charge in [-0.25, -0.2) is 9.67 Å². The molecule has 0 aromatic carbocycles. The summed E-state index contributed by atoms with van der Waals surface area (Å²) in [5.74, 6) is 3.01. The van der Waals surface area contributed by atoms with Gasteiger partial charge in [0.25, 0.3) is 0 Å². The second-order valence-electron chi connectivity index (χ2n) is 5.40. The predicted octanol–water partition coefficient (Wildman–Crippen LogP) is 1.33. The van der Waals surface area contributed by atoms with Gasteiger partial charge in [-0.05, 0) is 19.4 Å². The molecule has 0 unspecified atom stereocenters. The maximum absolute atomic E-state index is 5.25. The maximum Gasteiger partial charge on any atom is 0.240 e. The quantitative estimate of drug-likeness (QED) is 0.776. The van der Waals surface area contributed by atoms with Crippen molar-refractivity contribution in [3.63, 3.8) is 0 Å². The Labute approximate surface area is 126 Å². The zero-order valence-electron chi connectivity index (χ0n) is 12.2. The fourth-order valence-electron chi connectivity index (χ4n) is 2.67. The number of nitrogens with zero attached hydrogens (tertiary/aromatic N) is 5. The number of furan rings is 1. The Morgan fingerprint density at radius 2 is 2.36 bits per heavy atom. The van der Waals surface area contributed by atoms with Gasteiger partial charge >= 0.3 is 0 Å². The molecule has 3 aromatic heterocycles. The number of rotatable bonds is 4. The van der Waals surface area contributed by atoms with Gasteiger partial charge in [-0.1, -0.05) is 5.16 Å². The Balaban J connectivity index is 1.37. The predicted molar refractivity (Wildman–Crippen MR) is 75.7 cm³/mol. The average molecular weight is 300 g/mol. The lowest BCUT2D eigenvalue weighted by Crippen LogP contribution is -2.37. The summed E-state index contributed by atoms with van der Waals surface area (Å²) in [6.45, 7) is 3.28. The fraction of sp³-hybridized carbons (Fsp3) is 0.429. The van der Waals surface area contributed by atoms with E-state index in [4.69, 9.17) is 8.94 Å². The number of nitrogens with one attached hydrogen (secondary N) is 1. The van der Waals surface area contributed by atoms with E-state index in [1.165, 1.54) is 0 Å². The Hall–Kier alpha value is -2.48. The van der Waals surface area contributed by atoms with Crippen molar-refractivity contribution in [3.8, 4) is 11.4 Å². The van der Waals surface area contributed by atoms with E-state index < -0.39 is 0 Å². The van der Waals surface area contributed by atoms with Crippen molar-refractivity contribution < 1.29 is 8.94 Å². The molecule has 4 rings (SSSR count). The Bertz CT molecular complexity index is 760. The van der Waals surface area contributed by atoms with Crippen LogP contribution in [0.15, 0.2) is 27.5 Å². The molecule has 8 nitrogen and oxygen atoms in total.